The van der Waals surface area contributed by atoms with Crippen LogP contribution < -0.4 is 14.4 Å². The van der Waals surface area contributed by atoms with Crippen molar-refractivity contribution in [2.75, 3.05) is 30.3 Å². The van der Waals surface area contributed by atoms with Crippen LogP contribution in [0.5, 0.6) is 5.75 Å². The van der Waals surface area contributed by atoms with Gasteiger partial charge in [-0.3, -0.25) is 13.9 Å². The number of para-hydroxylation sites is 2. The van der Waals surface area contributed by atoms with Crippen LogP contribution in [0.1, 0.15) is 39.2 Å². The first-order valence-corrected chi connectivity index (χ1v) is 17.4. The van der Waals surface area contributed by atoms with Crippen LogP contribution in [0.4, 0.5) is 5.69 Å². The van der Waals surface area contributed by atoms with E-state index in [0.29, 0.717) is 40.9 Å². The van der Waals surface area contributed by atoms with Gasteiger partial charge in [-0.2, -0.15) is 0 Å². The molecule has 0 aliphatic rings. The SMILES string of the molecule is CCCNC(=O)[C@H](CC)N(Cc1ccc(Cl)c(Cl)c1)C(=O)CN(c1ccccc1OCC)S(=O)(=O)c1ccc(SC)cc1. The summed E-state index contributed by atoms with van der Waals surface area (Å²) in [6.45, 7) is 5.70. The molecule has 1 atom stereocenters. The fourth-order valence-electron chi connectivity index (χ4n) is 4.45. The lowest BCUT2D eigenvalue weighted by atomic mass is 10.1. The summed E-state index contributed by atoms with van der Waals surface area (Å²) in [5.74, 6) is -0.583. The molecule has 0 saturated heterocycles. The molecule has 1 N–H and O–H groups in total. The Morgan fingerprint density at radius 2 is 1.67 bits per heavy atom. The van der Waals surface area contributed by atoms with E-state index in [1.54, 1.807) is 68.4 Å². The van der Waals surface area contributed by atoms with Crippen LogP contribution in [0.3, 0.4) is 0 Å². The topological polar surface area (TPSA) is 96.0 Å². The summed E-state index contributed by atoms with van der Waals surface area (Å²) >= 11 is 13.9. The Kier molecular flexibility index (Phi) is 13.1. The highest BCUT2D eigenvalue weighted by molar-refractivity contribution is 7.98. The normalized spacial score (nSPS) is 12.0. The zero-order valence-electron chi connectivity index (χ0n) is 24.7. The van der Waals surface area contributed by atoms with Crippen molar-refractivity contribution in [2.24, 2.45) is 0 Å². The number of amides is 2. The van der Waals surface area contributed by atoms with Crippen LogP contribution >= 0.6 is 35.0 Å². The predicted molar refractivity (Wildman–Crippen MR) is 175 cm³/mol. The van der Waals surface area contributed by atoms with Gasteiger partial charge in [0.1, 0.15) is 18.3 Å². The summed E-state index contributed by atoms with van der Waals surface area (Å²) in [6, 6.07) is 17.2. The molecule has 3 aromatic rings. The first-order valence-electron chi connectivity index (χ1n) is 14.0. The predicted octanol–water partition coefficient (Wildman–Crippen LogP) is 6.64. The highest BCUT2D eigenvalue weighted by Gasteiger charge is 2.34. The Morgan fingerprint density at radius 3 is 2.28 bits per heavy atom. The van der Waals surface area contributed by atoms with E-state index in [4.69, 9.17) is 27.9 Å². The summed E-state index contributed by atoms with van der Waals surface area (Å²) in [4.78, 5) is 29.8. The van der Waals surface area contributed by atoms with Crippen molar-refractivity contribution in [1.82, 2.24) is 10.2 Å². The van der Waals surface area contributed by atoms with Gasteiger partial charge in [0.15, 0.2) is 0 Å². The molecule has 0 aromatic heterocycles. The first kappa shape index (κ1) is 34.6. The van der Waals surface area contributed by atoms with Crippen LogP contribution in [-0.2, 0) is 26.2 Å². The third-order valence-corrected chi connectivity index (χ3v) is 9.89. The maximum Gasteiger partial charge on any atom is 0.264 e. The number of ether oxygens (including phenoxy) is 1. The molecule has 12 heteroatoms. The lowest BCUT2D eigenvalue weighted by Crippen LogP contribution is -2.52. The van der Waals surface area contributed by atoms with Gasteiger partial charge >= 0.3 is 0 Å². The van der Waals surface area contributed by atoms with E-state index in [-0.39, 0.29) is 23.0 Å². The van der Waals surface area contributed by atoms with Crippen molar-refractivity contribution in [2.45, 2.75) is 56.0 Å². The Labute approximate surface area is 268 Å². The zero-order valence-corrected chi connectivity index (χ0v) is 27.8. The fourth-order valence-corrected chi connectivity index (χ4v) is 6.60. The van der Waals surface area contributed by atoms with E-state index in [0.717, 1.165) is 15.6 Å². The Bertz CT molecular complexity index is 1500. The van der Waals surface area contributed by atoms with Gasteiger partial charge in [-0.1, -0.05) is 55.2 Å². The van der Waals surface area contributed by atoms with E-state index in [9.17, 15) is 18.0 Å². The molecule has 0 spiro atoms. The molecule has 0 unspecified atom stereocenters. The number of rotatable bonds is 15. The summed E-state index contributed by atoms with van der Waals surface area (Å²) in [5, 5.41) is 3.53. The third-order valence-electron chi connectivity index (χ3n) is 6.63. The second-order valence-corrected chi connectivity index (χ2v) is 13.1. The molecule has 8 nitrogen and oxygen atoms in total. The standard InChI is InChI=1S/C31H37Cl2N3O5S2/c1-5-18-34-31(38)27(6-2)35(20-22-12-17-25(32)26(33)19-22)30(37)21-36(28-10-8-9-11-29(28)41-7-3)43(39,40)24-15-13-23(42-4)14-16-24/h8-17,19,27H,5-7,18,20-21H2,1-4H3,(H,34,38)/t27-/m0/s1. The maximum absolute atomic E-state index is 14.2. The minimum atomic E-state index is -4.24. The lowest BCUT2D eigenvalue weighted by molar-refractivity contribution is -0.140. The van der Waals surface area contributed by atoms with Crippen LogP contribution in [-0.4, -0.2) is 57.1 Å². The Balaban J connectivity index is 2.12. The van der Waals surface area contributed by atoms with Gasteiger partial charge in [0.2, 0.25) is 11.8 Å². The number of carbonyl (C=O) groups is 2. The van der Waals surface area contributed by atoms with Crippen LogP contribution in [0, 0.1) is 0 Å². The number of benzene rings is 3. The van der Waals surface area contributed by atoms with Crippen LogP contribution in [0.15, 0.2) is 76.5 Å². The quantitative estimate of drug-likeness (QED) is 0.183. The highest BCUT2D eigenvalue weighted by Crippen LogP contribution is 2.33. The molecule has 0 fully saturated rings. The maximum atomic E-state index is 14.2. The molecule has 3 aromatic carbocycles. The Hall–Kier alpha value is -2.92. The number of halogens is 2. The molecular formula is C31H37Cl2N3O5S2. The van der Waals surface area contributed by atoms with E-state index in [1.165, 1.54) is 28.8 Å². The Morgan fingerprint density at radius 1 is 0.977 bits per heavy atom. The molecule has 232 valence electrons. The summed E-state index contributed by atoms with van der Waals surface area (Å²) in [7, 11) is -4.24. The summed E-state index contributed by atoms with van der Waals surface area (Å²) in [5.41, 5.74) is 0.853. The smallest absolute Gasteiger partial charge is 0.264 e. The molecular weight excluding hydrogens is 629 g/mol. The monoisotopic (exact) mass is 665 g/mol. The molecule has 0 heterocycles. The number of nitrogens with one attached hydrogen (secondary N) is 1. The highest BCUT2D eigenvalue weighted by atomic mass is 35.5. The van der Waals surface area contributed by atoms with Gasteiger partial charge in [0, 0.05) is 18.0 Å². The fraction of sp³-hybridized carbons (Fsp3) is 0.355. The minimum Gasteiger partial charge on any atom is -0.492 e. The first-order chi connectivity index (χ1) is 20.6. The van der Waals surface area contributed by atoms with E-state index in [2.05, 4.69) is 5.32 Å². The molecule has 2 amide bonds. The van der Waals surface area contributed by atoms with Crippen molar-refractivity contribution >= 4 is 62.5 Å². The van der Waals surface area contributed by atoms with Gasteiger partial charge in [-0.25, -0.2) is 8.42 Å². The molecule has 0 aliphatic heterocycles. The molecule has 3 rings (SSSR count). The lowest BCUT2D eigenvalue weighted by Gasteiger charge is -2.33. The average Bonchev–Trinajstić information content (AvgIpc) is 3.00. The number of thioether (sulfide) groups is 1. The number of anilines is 1. The number of hydrogen-bond donors (Lipinski definition) is 1. The van der Waals surface area contributed by atoms with Gasteiger partial charge < -0.3 is 15.0 Å². The molecule has 0 saturated carbocycles. The average molecular weight is 667 g/mol. The molecule has 0 bridgehead atoms. The molecule has 0 radical (unpaired) electrons. The van der Waals surface area contributed by atoms with Crippen molar-refractivity contribution in [3.8, 4) is 5.75 Å². The molecule has 0 aliphatic carbocycles. The minimum absolute atomic E-state index is 0.0111. The van der Waals surface area contributed by atoms with Crippen molar-refractivity contribution in [3.63, 3.8) is 0 Å². The van der Waals surface area contributed by atoms with Crippen molar-refractivity contribution < 1.29 is 22.7 Å². The number of hydrogen-bond acceptors (Lipinski definition) is 6. The second-order valence-electron chi connectivity index (χ2n) is 9.57. The summed E-state index contributed by atoms with van der Waals surface area (Å²) in [6.07, 6.45) is 2.93. The van der Waals surface area contributed by atoms with Gasteiger partial charge in [-0.15, -0.1) is 11.8 Å². The zero-order chi connectivity index (χ0) is 31.6. The van der Waals surface area contributed by atoms with E-state index < -0.39 is 28.5 Å². The van der Waals surface area contributed by atoms with Crippen molar-refractivity contribution in [1.29, 1.82) is 0 Å². The third kappa shape index (κ3) is 8.81. The number of sulfonamides is 1. The van der Waals surface area contributed by atoms with Gasteiger partial charge in [0.25, 0.3) is 10.0 Å². The summed E-state index contributed by atoms with van der Waals surface area (Å²) < 4.78 is 35.2. The van der Waals surface area contributed by atoms with E-state index in [1.807, 2.05) is 13.2 Å². The van der Waals surface area contributed by atoms with E-state index >= 15 is 0 Å². The molecule has 43 heavy (non-hydrogen) atoms. The van der Waals surface area contributed by atoms with Gasteiger partial charge in [0.05, 0.1) is 27.2 Å². The number of carbonyl (C=O) groups excluding carboxylic acids is 2. The van der Waals surface area contributed by atoms with Crippen molar-refractivity contribution in [3.05, 3.63) is 82.3 Å². The van der Waals surface area contributed by atoms with Gasteiger partial charge in [-0.05, 0) is 80.1 Å². The largest absolute Gasteiger partial charge is 0.492 e. The second kappa shape index (κ2) is 16.2. The van der Waals surface area contributed by atoms with Crippen LogP contribution in [0.2, 0.25) is 10.0 Å². The number of nitrogens with zero attached hydrogens (tertiary/aromatic N) is 2. The van der Waals surface area contributed by atoms with Crippen LogP contribution in [0.25, 0.3) is 0 Å².